The third kappa shape index (κ3) is 2.00. The summed E-state index contributed by atoms with van der Waals surface area (Å²) in [5, 5.41) is 3.60. The molecule has 0 fully saturated rings. The molecule has 0 aliphatic rings. The molecule has 0 atom stereocenters. The highest BCUT2D eigenvalue weighted by Crippen LogP contribution is 2.23. The fraction of sp³-hybridized carbons (Fsp3) is 0.0909. The van der Waals surface area contributed by atoms with E-state index < -0.39 is 0 Å². The Balaban J connectivity index is 2.37. The van der Waals surface area contributed by atoms with E-state index in [2.05, 4.69) is 10.1 Å². The van der Waals surface area contributed by atoms with E-state index >= 15 is 0 Å². The number of aryl methyl sites for hydroxylation is 1. The van der Waals surface area contributed by atoms with Crippen LogP contribution in [0.1, 0.15) is 5.56 Å². The maximum absolute atomic E-state index is 9.99. The van der Waals surface area contributed by atoms with Crippen molar-refractivity contribution in [2.24, 2.45) is 4.99 Å². The molecule has 0 spiro atoms. The molecular formula is C11H8N2O2. The second-order valence-corrected chi connectivity index (χ2v) is 3.12. The smallest absolute Gasteiger partial charge is 0.242 e. The Morgan fingerprint density at radius 1 is 1.33 bits per heavy atom. The van der Waals surface area contributed by atoms with Gasteiger partial charge in [0.05, 0.1) is 0 Å². The molecule has 0 amide bonds. The molecule has 4 nitrogen and oxygen atoms in total. The molecule has 0 saturated heterocycles. The molecule has 0 aliphatic heterocycles. The van der Waals surface area contributed by atoms with Gasteiger partial charge in [0, 0.05) is 11.6 Å². The number of hydrogen-bond donors (Lipinski definition) is 0. The van der Waals surface area contributed by atoms with Gasteiger partial charge in [-0.2, -0.15) is 0 Å². The summed E-state index contributed by atoms with van der Waals surface area (Å²) in [6.07, 6.45) is 1.41. The zero-order valence-corrected chi connectivity index (χ0v) is 8.10. The van der Waals surface area contributed by atoms with Gasteiger partial charge in [-0.05, 0) is 6.92 Å². The lowest BCUT2D eigenvalue weighted by Gasteiger charge is -1.94. The monoisotopic (exact) mass is 200 g/mol. The Bertz CT molecular complexity index is 508. The van der Waals surface area contributed by atoms with Crippen LogP contribution in [0.2, 0.25) is 0 Å². The Morgan fingerprint density at radius 3 is 2.73 bits per heavy atom. The van der Waals surface area contributed by atoms with Crippen LogP contribution < -0.4 is 0 Å². The average molecular weight is 200 g/mol. The van der Waals surface area contributed by atoms with Gasteiger partial charge in [0.15, 0.2) is 5.76 Å². The predicted molar refractivity (Wildman–Crippen MR) is 54.5 cm³/mol. The second kappa shape index (κ2) is 3.90. The molecule has 4 heteroatoms. The van der Waals surface area contributed by atoms with E-state index in [1.54, 1.807) is 6.07 Å². The Kier molecular flexibility index (Phi) is 2.44. The highest BCUT2D eigenvalue weighted by molar-refractivity contribution is 5.61. The van der Waals surface area contributed by atoms with Gasteiger partial charge < -0.3 is 4.52 Å². The lowest BCUT2D eigenvalue weighted by atomic mass is 10.1. The van der Waals surface area contributed by atoms with Crippen molar-refractivity contribution >= 4 is 11.9 Å². The summed E-state index contributed by atoms with van der Waals surface area (Å²) in [6.45, 7) is 2.01. The first-order valence-electron chi connectivity index (χ1n) is 4.41. The Hall–Kier alpha value is -2.19. The number of aliphatic imine (C=N–C) groups is 1. The maximum Gasteiger partial charge on any atom is 0.242 e. The molecule has 0 aliphatic carbocycles. The van der Waals surface area contributed by atoms with Crippen molar-refractivity contribution in [2.45, 2.75) is 6.92 Å². The topological polar surface area (TPSA) is 55.5 Å². The quantitative estimate of drug-likeness (QED) is 0.553. The molecule has 1 aromatic carbocycles. The molecular weight excluding hydrogens is 192 g/mol. The second-order valence-electron chi connectivity index (χ2n) is 3.12. The van der Waals surface area contributed by atoms with Gasteiger partial charge in [0.1, 0.15) is 0 Å². The van der Waals surface area contributed by atoms with Gasteiger partial charge in [-0.3, -0.25) is 0 Å². The van der Waals surface area contributed by atoms with E-state index in [0.717, 1.165) is 5.56 Å². The molecule has 0 bridgehead atoms. The van der Waals surface area contributed by atoms with Crippen LogP contribution in [0.4, 0.5) is 5.82 Å². The van der Waals surface area contributed by atoms with Crippen LogP contribution in [0, 0.1) is 6.92 Å². The van der Waals surface area contributed by atoms with Gasteiger partial charge in [0.2, 0.25) is 11.9 Å². The number of isocyanates is 1. The largest absolute Gasteiger partial charge is 0.354 e. The summed E-state index contributed by atoms with van der Waals surface area (Å²) in [4.78, 5) is 13.4. The first-order chi connectivity index (χ1) is 7.29. The molecule has 0 saturated carbocycles. The summed E-state index contributed by atoms with van der Waals surface area (Å²) in [5.74, 6) is 0.824. The number of aromatic nitrogens is 1. The molecule has 0 radical (unpaired) electrons. The van der Waals surface area contributed by atoms with Crippen molar-refractivity contribution < 1.29 is 9.32 Å². The van der Waals surface area contributed by atoms with Crippen molar-refractivity contribution in [3.8, 4) is 11.3 Å². The third-order valence-corrected chi connectivity index (χ3v) is 1.99. The van der Waals surface area contributed by atoms with Crippen LogP contribution in [0.15, 0.2) is 39.8 Å². The fourth-order valence-electron chi connectivity index (χ4n) is 1.22. The molecule has 1 heterocycles. The van der Waals surface area contributed by atoms with Gasteiger partial charge in [-0.15, -0.1) is 4.99 Å². The van der Waals surface area contributed by atoms with Crippen LogP contribution in [0.25, 0.3) is 11.3 Å². The number of carbonyl (C=O) groups excluding carboxylic acids is 1. The van der Waals surface area contributed by atoms with Crippen molar-refractivity contribution in [1.29, 1.82) is 0 Å². The van der Waals surface area contributed by atoms with E-state index in [9.17, 15) is 4.79 Å². The summed E-state index contributed by atoms with van der Waals surface area (Å²) in [5.41, 5.74) is 2.07. The normalized spacial score (nSPS) is 9.67. The standard InChI is InChI=1S/C11H8N2O2/c1-8-2-4-9(5-3-8)10-6-11(12-7-14)13-15-10/h2-6H,1H3. The average Bonchev–Trinajstić information content (AvgIpc) is 2.68. The predicted octanol–water partition coefficient (Wildman–Crippen LogP) is 2.62. The van der Waals surface area contributed by atoms with E-state index in [4.69, 9.17) is 4.52 Å². The summed E-state index contributed by atoms with van der Waals surface area (Å²) >= 11 is 0. The number of nitrogens with zero attached hydrogens (tertiary/aromatic N) is 2. The lowest BCUT2D eigenvalue weighted by Crippen LogP contribution is -1.74. The number of hydrogen-bond acceptors (Lipinski definition) is 4. The molecule has 2 aromatic rings. The van der Waals surface area contributed by atoms with Crippen molar-refractivity contribution in [3.05, 3.63) is 35.9 Å². The lowest BCUT2D eigenvalue weighted by molar-refractivity contribution is 0.434. The van der Waals surface area contributed by atoms with Crippen LogP contribution in [0.3, 0.4) is 0 Å². The number of rotatable bonds is 2. The number of benzene rings is 1. The first kappa shape index (κ1) is 9.37. The Morgan fingerprint density at radius 2 is 2.07 bits per heavy atom. The van der Waals surface area contributed by atoms with Crippen LogP contribution >= 0.6 is 0 Å². The fourth-order valence-corrected chi connectivity index (χ4v) is 1.22. The summed E-state index contributed by atoms with van der Waals surface area (Å²) < 4.78 is 5.02. The molecule has 1 aromatic heterocycles. The van der Waals surface area contributed by atoms with E-state index in [-0.39, 0.29) is 5.82 Å². The zero-order chi connectivity index (χ0) is 10.7. The molecule has 0 unspecified atom stereocenters. The minimum absolute atomic E-state index is 0.237. The van der Waals surface area contributed by atoms with Crippen LogP contribution in [0.5, 0.6) is 0 Å². The van der Waals surface area contributed by atoms with Crippen LogP contribution in [-0.2, 0) is 4.79 Å². The molecule has 15 heavy (non-hydrogen) atoms. The summed E-state index contributed by atoms with van der Waals surface area (Å²) in [7, 11) is 0. The van der Waals surface area contributed by atoms with Crippen molar-refractivity contribution in [2.75, 3.05) is 0 Å². The van der Waals surface area contributed by atoms with Crippen molar-refractivity contribution in [1.82, 2.24) is 5.16 Å². The van der Waals surface area contributed by atoms with E-state index in [0.29, 0.717) is 5.76 Å². The van der Waals surface area contributed by atoms with Gasteiger partial charge in [-0.25, -0.2) is 4.79 Å². The molecule has 2 rings (SSSR count). The Labute approximate surface area is 86.2 Å². The zero-order valence-electron chi connectivity index (χ0n) is 8.10. The SMILES string of the molecule is Cc1ccc(-c2cc(N=C=O)no2)cc1. The van der Waals surface area contributed by atoms with Gasteiger partial charge in [0.25, 0.3) is 0 Å². The first-order valence-corrected chi connectivity index (χ1v) is 4.41. The molecule has 74 valence electrons. The van der Waals surface area contributed by atoms with E-state index in [1.807, 2.05) is 31.2 Å². The third-order valence-electron chi connectivity index (χ3n) is 1.99. The van der Waals surface area contributed by atoms with Crippen molar-refractivity contribution in [3.63, 3.8) is 0 Å². The molecule has 0 N–H and O–H groups in total. The van der Waals surface area contributed by atoms with Gasteiger partial charge in [-0.1, -0.05) is 35.0 Å². The van der Waals surface area contributed by atoms with Crippen LogP contribution in [-0.4, -0.2) is 11.2 Å². The highest BCUT2D eigenvalue weighted by atomic mass is 16.5. The minimum Gasteiger partial charge on any atom is -0.354 e. The maximum atomic E-state index is 9.99. The minimum atomic E-state index is 0.237. The van der Waals surface area contributed by atoms with E-state index in [1.165, 1.54) is 11.6 Å². The highest BCUT2D eigenvalue weighted by Gasteiger charge is 2.05. The summed E-state index contributed by atoms with van der Waals surface area (Å²) in [6, 6.07) is 9.38. The van der Waals surface area contributed by atoms with Gasteiger partial charge >= 0.3 is 0 Å².